The number of primary amides is 1. The van der Waals surface area contributed by atoms with E-state index in [1.54, 1.807) is 60.7 Å². The molecule has 0 spiro atoms. The van der Waals surface area contributed by atoms with Gasteiger partial charge in [0.1, 0.15) is 0 Å². The van der Waals surface area contributed by atoms with Gasteiger partial charge >= 0.3 is 0 Å². The molecule has 6 nitrogen and oxygen atoms in total. The Kier molecular flexibility index (Phi) is 6.69. The SMILES string of the molecule is NC(=O)c1ccccc1CC(=O)CN(c1cccc(Br)c1)S(=O)(=O)c1ccccc1. The topological polar surface area (TPSA) is 97.5 Å². The number of carbonyl (C=O) groups is 2. The van der Waals surface area contributed by atoms with Crippen LogP contribution in [0.1, 0.15) is 15.9 Å². The van der Waals surface area contributed by atoms with Crippen LogP contribution in [0.25, 0.3) is 0 Å². The zero-order chi connectivity index (χ0) is 21.7. The molecule has 0 saturated heterocycles. The molecular formula is C22H19BrN2O4S. The lowest BCUT2D eigenvalue weighted by Gasteiger charge is -2.24. The molecule has 0 heterocycles. The zero-order valence-corrected chi connectivity index (χ0v) is 18.3. The van der Waals surface area contributed by atoms with Gasteiger partial charge < -0.3 is 5.73 Å². The third-order valence-corrected chi connectivity index (χ3v) is 6.70. The van der Waals surface area contributed by atoms with Crippen molar-refractivity contribution in [3.8, 4) is 0 Å². The summed E-state index contributed by atoms with van der Waals surface area (Å²) in [7, 11) is -3.98. The van der Waals surface area contributed by atoms with E-state index in [1.165, 1.54) is 18.2 Å². The van der Waals surface area contributed by atoms with Crippen molar-refractivity contribution in [1.29, 1.82) is 0 Å². The summed E-state index contributed by atoms with van der Waals surface area (Å²) in [6.07, 6.45) is -0.117. The van der Waals surface area contributed by atoms with E-state index in [9.17, 15) is 18.0 Å². The van der Waals surface area contributed by atoms with Crippen molar-refractivity contribution in [3.05, 3.63) is 94.5 Å². The molecule has 3 aromatic rings. The highest BCUT2D eigenvalue weighted by Crippen LogP contribution is 2.26. The van der Waals surface area contributed by atoms with E-state index in [-0.39, 0.29) is 29.2 Å². The highest BCUT2D eigenvalue weighted by atomic mass is 79.9. The molecule has 30 heavy (non-hydrogen) atoms. The largest absolute Gasteiger partial charge is 0.366 e. The van der Waals surface area contributed by atoms with Gasteiger partial charge in [-0.05, 0) is 42.0 Å². The average Bonchev–Trinajstić information content (AvgIpc) is 2.73. The van der Waals surface area contributed by atoms with Crippen LogP contribution in [0, 0.1) is 0 Å². The molecule has 0 saturated carbocycles. The second-order valence-electron chi connectivity index (χ2n) is 6.54. The number of Topliss-reactive ketones (excluding diaryl/α,β-unsaturated/α-hetero) is 1. The van der Waals surface area contributed by atoms with E-state index < -0.39 is 15.9 Å². The number of rotatable bonds is 8. The predicted octanol–water partition coefficient (Wildman–Crippen LogP) is 3.56. The second-order valence-corrected chi connectivity index (χ2v) is 9.32. The first-order valence-electron chi connectivity index (χ1n) is 9.02. The van der Waals surface area contributed by atoms with Gasteiger partial charge in [-0.25, -0.2) is 8.42 Å². The number of hydrogen-bond donors (Lipinski definition) is 1. The number of anilines is 1. The molecule has 0 aliphatic rings. The van der Waals surface area contributed by atoms with Crippen molar-refractivity contribution in [1.82, 2.24) is 0 Å². The number of benzene rings is 3. The molecule has 8 heteroatoms. The molecule has 2 N–H and O–H groups in total. The summed E-state index contributed by atoms with van der Waals surface area (Å²) in [5, 5.41) is 0. The van der Waals surface area contributed by atoms with Crippen LogP contribution in [0.4, 0.5) is 5.69 Å². The van der Waals surface area contributed by atoms with Crippen LogP contribution in [-0.4, -0.2) is 26.7 Å². The standard InChI is InChI=1S/C22H19BrN2O4S/c23-17-8-6-9-18(14-17)25(30(28,29)20-10-2-1-3-11-20)15-19(26)13-16-7-4-5-12-21(16)22(24)27/h1-12,14H,13,15H2,(H2,24,27). The molecular weight excluding hydrogens is 468 g/mol. The molecule has 0 aliphatic heterocycles. The molecule has 3 rings (SSSR count). The molecule has 0 fully saturated rings. The van der Waals surface area contributed by atoms with Gasteiger partial charge in [0.05, 0.1) is 17.1 Å². The van der Waals surface area contributed by atoms with Crippen LogP contribution in [-0.2, 0) is 21.2 Å². The number of ketones is 1. The lowest BCUT2D eigenvalue weighted by atomic mass is 10.0. The molecule has 1 amide bonds. The maximum atomic E-state index is 13.3. The minimum Gasteiger partial charge on any atom is -0.366 e. The van der Waals surface area contributed by atoms with Crippen LogP contribution >= 0.6 is 15.9 Å². The maximum Gasteiger partial charge on any atom is 0.264 e. The van der Waals surface area contributed by atoms with Crippen LogP contribution in [0.15, 0.2) is 88.2 Å². The lowest BCUT2D eigenvalue weighted by Crippen LogP contribution is -2.36. The Morgan fingerprint density at radius 2 is 1.57 bits per heavy atom. The Morgan fingerprint density at radius 1 is 0.900 bits per heavy atom. The van der Waals surface area contributed by atoms with Crippen LogP contribution in [0.2, 0.25) is 0 Å². The minimum absolute atomic E-state index is 0.0790. The number of nitrogens with zero attached hydrogens (tertiary/aromatic N) is 1. The molecule has 0 aliphatic carbocycles. The van der Waals surface area contributed by atoms with Gasteiger partial charge in [-0.15, -0.1) is 0 Å². The monoisotopic (exact) mass is 486 g/mol. The molecule has 3 aromatic carbocycles. The van der Waals surface area contributed by atoms with E-state index in [0.717, 1.165) is 4.31 Å². The number of halogens is 1. The third kappa shape index (κ3) is 4.95. The molecule has 0 atom stereocenters. The van der Waals surface area contributed by atoms with Gasteiger partial charge in [0.2, 0.25) is 5.91 Å². The van der Waals surface area contributed by atoms with Gasteiger partial charge in [-0.1, -0.05) is 58.4 Å². The molecule has 0 aromatic heterocycles. The van der Waals surface area contributed by atoms with Gasteiger partial charge in [0.25, 0.3) is 10.0 Å². The Morgan fingerprint density at radius 3 is 2.23 bits per heavy atom. The van der Waals surface area contributed by atoms with Crippen molar-refractivity contribution < 1.29 is 18.0 Å². The van der Waals surface area contributed by atoms with E-state index in [4.69, 9.17) is 5.73 Å². The Labute approximate surface area is 183 Å². The number of nitrogens with two attached hydrogens (primary N) is 1. The lowest BCUT2D eigenvalue weighted by molar-refractivity contribution is -0.117. The summed E-state index contributed by atoms with van der Waals surface area (Å²) in [6, 6.07) is 21.2. The fourth-order valence-corrected chi connectivity index (χ4v) is 4.86. The molecule has 154 valence electrons. The predicted molar refractivity (Wildman–Crippen MR) is 119 cm³/mol. The Hall–Kier alpha value is -2.97. The number of sulfonamides is 1. The number of amides is 1. The van der Waals surface area contributed by atoms with Crippen molar-refractivity contribution in [2.24, 2.45) is 5.73 Å². The molecule has 0 bridgehead atoms. The Balaban J connectivity index is 1.96. The maximum absolute atomic E-state index is 13.3. The summed E-state index contributed by atoms with van der Waals surface area (Å²) in [4.78, 5) is 24.6. The zero-order valence-electron chi connectivity index (χ0n) is 15.9. The van der Waals surface area contributed by atoms with Crippen LogP contribution < -0.4 is 10.0 Å². The first kappa shape index (κ1) is 21.7. The minimum atomic E-state index is -3.98. The van der Waals surface area contributed by atoms with E-state index in [2.05, 4.69) is 15.9 Å². The van der Waals surface area contributed by atoms with Crippen LogP contribution in [0.3, 0.4) is 0 Å². The fraction of sp³-hybridized carbons (Fsp3) is 0.0909. The van der Waals surface area contributed by atoms with Crippen molar-refractivity contribution in [2.45, 2.75) is 11.3 Å². The summed E-state index contributed by atoms with van der Waals surface area (Å²) >= 11 is 3.34. The van der Waals surface area contributed by atoms with Gasteiger partial charge in [0.15, 0.2) is 5.78 Å². The quantitative estimate of drug-likeness (QED) is 0.526. The van der Waals surface area contributed by atoms with E-state index in [0.29, 0.717) is 15.7 Å². The smallest absolute Gasteiger partial charge is 0.264 e. The molecule has 0 unspecified atom stereocenters. The Bertz CT molecular complexity index is 1180. The van der Waals surface area contributed by atoms with Gasteiger partial charge in [-0.3, -0.25) is 13.9 Å². The van der Waals surface area contributed by atoms with Crippen molar-refractivity contribution in [2.75, 3.05) is 10.8 Å². The normalized spacial score (nSPS) is 11.1. The summed E-state index contributed by atoms with van der Waals surface area (Å²) in [5.74, 6) is -1.01. The average molecular weight is 487 g/mol. The van der Waals surface area contributed by atoms with Crippen molar-refractivity contribution in [3.63, 3.8) is 0 Å². The van der Waals surface area contributed by atoms with Crippen LogP contribution in [0.5, 0.6) is 0 Å². The number of hydrogen-bond acceptors (Lipinski definition) is 4. The summed E-state index contributed by atoms with van der Waals surface area (Å²) in [6.45, 7) is -0.388. The van der Waals surface area contributed by atoms with E-state index in [1.807, 2.05) is 0 Å². The highest BCUT2D eigenvalue weighted by Gasteiger charge is 2.27. The third-order valence-electron chi connectivity index (χ3n) is 4.42. The van der Waals surface area contributed by atoms with E-state index >= 15 is 0 Å². The fourth-order valence-electron chi connectivity index (χ4n) is 3.01. The summed E-state index contributed by atoms with van der Waals surface area (Å²) in [5.41, 5.74) is 6.44. The molecule has 0 radical (unpaired) electrons. The van der Waals surface area contributed by atoms with Gasteiger partial charge in [0, 0.05) is 16.5 Å². The summed E-state index contributed by atoms with van der Waals surface area (Å²) < 4.78 is 28.3. The second kappa shape index (κ2) is 9.23. The first-order chi connectivity index (χ1) is 14.3. The first-order valence-corrected chi connectivity index (χ1v) is 11.2. The van der Waals surface area contributed by atoms with Gasteiger partial charge in [-0.2, -0.15) is 0 Å². The number of carbonyl (C=O) groups excluding carboxylic acids is 2. The van der Waals surface area contributed by atoms with Crippen molar-refractivity contribution >= 4 is 43.3 Å². The highest BCUT2D eigenvalue weighted by molar-refractivity contribution is 9.10.